The van der Waals surface area contributed by atoms with Crippen LogP contribution in [-0.4, -0.2) is 10.2 Å². The minimum atomic E-state index is -0.605. The molecule has 84 valence electrons. The Balaban J connectivity index is 2.51. The number of benzene rings is 1. The molecule has 0 spiro atoms. The van der Waals surface area contributed by atoms with Gasteiger partial charge in [-0.1, -0.05) is 23.2 Å². The second kappa shape index (κ2) is 4.57. The van der Waals surface area contributed by atoms with Crippen molar-refractivity contribution in [3.63, 3.8) is 0 Å². The Labute approximate surface area is 105 Å². The van der Waals surface area contributed by atoms with Gasteiger partial charge in [0, 0.05) is 0 Å². The van der Waals surface area contributed by atoms with Gasteiger partial charge in [0.15, 0.2) is 0 Å². The Morgan fingerprint density at radius 2 is 1.94 bits per heavy atom. The summed E-state index contributed by atoms with van der Waals surface area (Å²) in [6, 6.07) is 2.41. The van der Waals surface area contributed by atoms with E-state index in [2.05, 4.69) is 10.2 Å². The first-order valence-corrected chi connectivity index (χ1v) is 5.44. The van der Waals surface area contributed by atoms with Crippen LogP contribution in [0.15, 0.2) is 16.5 Å². The van der Waals surface area contributed by atoms with Gasteiger partial charge >= 0.3 is 0 Å². The summed E-state index contributed by atoms with van der Waals surface area (Å²) in [4.78, 5) is 0. The Morgan fingerprint density at radius 3 is 2.56 bits per heavy atom. The van der Waals surface area contributed by atoms with Crippen LogP contribution in [0.4, 0.5) is 4.39 Å². The monoisotopic (exact) mass is 280 g/mol. The molecule has 3 nitrogen and oxygen atoms in total. The SMILES string of the molecule is Fc1cc(-c2nnc(CCl)o2)c(Cl)cc1Cl. The van der Waals surface area contributed by atoms with E-state index in [0.29, 0.717) is 0 Å². The van der Waals surface area contributed by atoms with Crippen molar-refractivity contribution in [1.29, 1.82) is 0 Å². The van der Waals surface area contributed by atoms with Gasteiger partial charge in [-0.05, 0) is 12.1 Å². The van der Waals surface area contributed by atoms with Crippen LogP contribution in [0.1, 0.15) is 5.89 Å². The lowest BCUT2D eigenvalue weighted by atomic mass is 10.2. The Kier molecular flexibility index (Phi) is 3.33. The van der Waals surface area contributed by atoms with Crippen molar-refractivity contribution in [1.82, 2.24) is 10.2 Å². The van der Waals surface area contributed by atoms with Crippen LogP contribution >= 0.6 is 34.8 Å². The van der Waals surface area contributed by atoms with Crippen LogP contribution < -0.4 is 0 Å². The van der Waals surface area contributed by atoms with E-state index < -0.39 is 5.82 Å². The van der Waals surface area contributed by atoms with E-state index in [1.165, 1.54) is 6.07 Å². The van der Waals surface area contributed by atoms with Crippen LogP contribution in [-0.2, 0) is 5.88 Å². The van der Waals surface area contributed by atoms with Crippen LogP contribution in [0.2, 0.25) is 10.0 Å². The van der Waals surface area contributed by atoms with Crippen LogP contribution in [0, 0.1) is 5.82 Å². The molecule has 0 aliphatic heterocycles. The third-order valence-corrected chi connectivity index (χ3v) is 2.65. The first-order chi connectivity index (χ1) is 7.61. The smallest absolute Gasteiger partial charge is 0.249 e. The van der Waals surface area contributed by atoms with Gasteiger partial charge in [0.2, 0.25) is 11.8 Å². The van der Waals surface area contributed by atoms with Gasteiger partial charge in [-0.3, -0.25) is 0 Å². The van der Waals surface area contributed by atoms with E-state index in [4.69, 9.17) is 39.2 Å². The summed E-state index contributed by atoms with van der Waals surface area (Å²) in [5.74, 6) is -0.174. The molecule has 7 heteroatoms. The van der Waals surface area contributed by atoms with Crippen LogP contribution in [0.25, 0.3) is 11.5 Å². The van der Waals surface area contributed by atoms with E-state index in [0.717, 1.165) is 6.07 Å². The minimum Gasteiger partial charge on any atom is -0.419 e. The number of alkyl halides is 1. The fourth-order valence-electron chi connectivity index (χ4n) is 1.10. The average Bonchev–Trinajstić information content (AvgIpc) is 2.71. The average molecular weight is 282 g/mol. The van der Waals surface area contributed by atoms with Crippen molar-refractivity contribution in [3.05, 3.63) is 33.9 Å². The maximum atomic E-state index is 13.2. The molecule has 0 radical (unpaired) electrons. The highest BCUT2D eigenvalue weighted by Crippen LogP contribution is 2.31. The van der Waals surface area contributed by atoms with E-state index in [9.17, 15) is 4.39 Å². The quantitative estimate of drug-likeness (QED) is 0.618. The van der Waals surface area contributed by atoms with E-state index in [1.54, 1.807) is 0 Å². The lowest BCUT2D eigenvalue weighted by molar-refractivity contribution is 0.526. The second-order valence-corrected chi connectivity index (χ2v) is 3.96. The topological polar surface area (TPSA) is 38.9 Å². The zero-order valence-electron chi connectivity index (χ0n) is 7.68. The van der Waals surface area contributed by atoms with Crippen molar-refractivity contribution in [2.45, 2.75) is 5.88 Å². The molecule has 0 aliphatic carbocycles. The number of nitrogens with zero attached hydrogens (tertiary/aromatic N) is 2. The summed E-state index contributed by atoms with van der Waals surface area (Å²) in [7, 11) is 0. The summed E-state index contributed by atoms with van der Waals surface area (Å²) in [5.41, 5.74) is 0.285. The molecule has 0 unspecified atom stereocenters. The molecule has 0 bridgehead atoms. The highest BCUT2D eigenvalue weighted by atomic mass is 35.5. The van der Waals surface area contributed by atoms with Crippen LogP contribution in [0.5, 0.6) is 0 Å². The molecule has 1 aromatic carbocycles. The van der Waals surface area contributed by atoms with Crippen molar-refractivity contribution in [3.8, 4) is 11.5 Å². The van der Waals surface area contributed by atoms with Crippen molar-refractivity contribution in [2.75, 3.05) is 0 Å². The number of hydrogen-bond acceptors (Lipinski definition) is 3. The van der Waals surface area contributed by atoms with Gasteiger partial charge in [0.05, 0.1) is 15.6 Å². The third-order valence-electron chi connectivity index (χ3n) is 1.82. The summed E-state index contributed by atoms with van der Waals surface area (Å²) in [6.07, 6.45) is 0. The lowest BCUT2D eigenvalue weighted by Crippen LogP contribution is -1.84. The van der Waals surface area contributed by atoms with Gasteiger partial charge in [-0.2, -0.15) is 0 Å². The van der Waals surface area contributed by atoms with Gasteiger partial charge < -0.3 is 4.42 Å². The lowest BCUT2D eigenvalue weighted by Gasteiger charge is -2.00. The molecule has 0 fully saturated rings. The molecule has 0 saturated carbocycles. The summed E-state index contributed by atoms with van der Waals surface area (Å²) in [6.45, 7) is 0. The molecule has 2 rings (SSSR count). The molecule has 16 heavy (non-hydrogen) atoms. The van der Waals surface area contributed by atoms with E-state index in [-0.39, 0.29) is 33.3 Å². The molecule has 0 aliphatic rings. The normalized spacial score (nSPS) is 10.8. The maximum absolute atomic E-state index is 13.2. The fraction of sp³-hybridized carbons (Fsp3) is 0.111. The Bertz CT molecular complexity index is 529. The van der Waals surface area contributed by atoms with Crippen molar-refractivity contribution in [2.24, 2.45) is 0 Å². The largest absolute Gasteiger partial charge is 0.419 e. The zero-order chi connectivity index (χ0) is 11.7. The summed E-state index contributed by atoms with van der Waals surface area (Å²) < 4.78 is 18.4. The molecule has 0 saturated heterocycles. The number of hydrogen-bond donors (Lipinski definition) is 0. The number of aromatic nitrogens is 2. The molecule has 0 atom stereocenters. The van der Waals surface area contributed by atoms with Gasteiger partial charge in [-0.25, -0.2) is 4.39 Å². The second-order valence-electron chi connectivity index (χ2n) is 2.88. The highest BCUT2D eigenvalue weighted by Gasteiger charge is 2.14. The molecule has 1 heterocycles. The molecule has 1 aromatic heterocycles. The van der Waals surface area contributed by atoms with Crippen molar-refractivity contribution >= 4 is 34.8 Å². The van der Waals surface area contributed by atoms with Gasteiger partial charge in [0.1, 0.15) is 11.7 Å². The maximum Gasteiger partial charge on any atom is 0.249 e. The summed E-state index contributed by atoms with van der Waals surface area (Å²) in [5, 5.41) is 7.50. The molecule has 0 N–H and O–H groups in total. The predicted molar refractivity (Wildman–Crippen MR) is 59.3 cm³/mol. The van der Waals surface area contributed by atoms with Crippen molar-refractivity contribution < 1.29 is 8.81 Å². The molecule has 2 aromatic rings. The van der Waals surface area contributed by atoms with Crippen LogP contribution in [0.3, 0.4) is 0 Å². The standard InChI is InChI=1S/C9H4Cl3FN2O/c10-3-8-14-15-9(16-8)4-1-7(13)6(12)2-5(4)11/h1-2H,3H2. The minimum absolute atomic E-state index is 0.0640. The van der Waals surface area contributed by atoms with E-state index >= 15 is 0 Å². The fourth-order valence-corrected chi connectivity index (χ4v) is 1.67. The Morgan fingerprint density at radius 1 is 1.19 bits per heavy atom. The van der Waals surface area contributed by atoms with E-state index in [1.807, 2.05) is 0 Å². The van der Waals surface area contributed by atoms with Gasteiger partial charge in [-0.15, -0.1) is 21.8 Å². The number of rotatable bonds is 2. The number of halogens is 4. The zero-order valence-corrected chi connectivity index (χ0v) is 9.94. The molecular weight excluding hydrogens is 277 g/mol. The first kappa shape index (κ1) is 11.6. The third kappa shape index (κ3) is 2.14. The molecular formula is C9H4Cl3FN2O. The van der Waals surface area contributed by atoms with Gasteiger partial charge in [0.25, 0.3) is 0 Å². The highest BCUT2D eigenvalue weighted by molar-refractivity contribution is 6.36. The Hall–Kier alpha value is -0.840. The first-order valence-electron chi connectivity index (χ1n) is 4.15. The molecule has 0 amide bonds. The predicted octanol–water partition coefficient (Wildman–Crippen LogP) is 3.92. The summed E-state index contributed by atoms with van der Waals surface area (Å²) >= 11 is 16.9.